The summed E-state index contributed by atoms with van der Waals surface area (Å²) in [6.07, 6.45) is 0.723. The van der Waals surface area contributed by atoms with Gasteiger partial charge in [0.15, 0.2) is 0 Å². The van der Waals surface area contributed by atoms with Gasteiger partial charge >= 0.3 is 6.03 Å². The van der Waals surface area contributed by atoms with Crippen LogP contribution in [-0.4, -0.2) is 50.7 Å². The third kappa shape index (κ3) is 5.54. The Hall–Kier alpha value is -1.79. The SMILES string of the molecule is COCC[C@@H](C)NC(=O)Nc1ccc(C(=O)N(C)C)c(Cl)c1. The van der Waals surface area contributed by atoms with Crippen molar-refractivity contribution in [3.8, 4) is 0 Å². The average molecular weight is 328 g/mol. The maximum atomic E-state index is 11.9. The number of amides is 3. The summed E-state index contributed by atoms with van der Waals surface area (Å²) in [5.41, 5.74) is 0.919. The number of carbonyl (C=O) groups is 2. The summed E-state index contributed by atoms with van der Waals surface area (Å²) in [6.45, 7) is 2.47. The number of rotatable bonds is 6. The van der Waals surface area contributed by atoms with Gasteiger partial charge in [0.05, 0.1) is 10.6 Å². The number of urea groups is 1. The number of methoxy groups -OCH3 is 1. The Bertz CT molecular complexity index is 535. The van der Waals surface area contributed by atoms with E-state index < -0.39 is 0 Å². The highest BCUT2D eigenvalue weighted by atomic mass is 35.5. The monoisotopic (exact) mass is 327 g/mol. The van der Waals surface area contributed by atoms with Gasteiger partial charge in [0, 0.05) is 39.5 Å². The van der Waals surface area contributed by atoms with Crippen LogP contribution >= 0.6 is 11.6 Å². The van der Waals surface area contributed by atoms with E-state index in [-0.39, 0.29) is 18.0 Å². The number of ether oxygens (including phenoxy) is 1. The Kier molecular flexibility index (Phi) is 7.14. The zero-order chi connectivity index (χ0) is 16.7. The van der Waals surface area contributed by atoms with Crippen molar-refractivity contribution in [2.24, 2.45) is 0 Å². The van der Waals surface area contributed by atoms with E-state index in [4.69, 9.17) is 16.3 Å². The standard InChI is InChI=1S/C15H22ClN3O3/c1-10(7-8-22-4)17-15(21)18-11-5-6-12(13(16)9-11)14(20)19(2)3/h5-6,9-10H,7-8H2,1-4H3,(H2,17,18,21)/t10-/m1/s1. The highest BCUT2D eigenvalue weighted by molar-refractivity contribution is 6.34. The van der Waals surface area contributed by atoms with Crippen molar-refractivity contribution in [2.45, 2.75) is 19.4 Å². The number of halogens is 1. The molecule has 0 fully saturated rings. The second-order valence-electron chi connectivity index (χ2n) is 5.18. The van der Waals surface area contributed by atoms with Gasteiger partial charge in [-0.05, 0) is 31.5 Å². The van der Waals surface area contributed by atoms with Crippen LogP contribution in [0.3, 0.4) is 0 Å². The summed E-state index contributed by atoms with van der Waals surface area (Å²) in [4.78, 5) is 25.2. The molecule has 0 spiro atoms. The fourth-order valence-electron chi connectivity index (χ4n) is 1.76. The van der Waals surface area contributed by atoms with Gasteiger partial charge in [0.25, 0.3) is 5.91 Å². The number of hydrogen-bond acceptors (Lipinski definition) is 3. The van der Waals surface area contributed by atoms with Gasteiger partial charge in [0.1, 0.15) is 0 Å². The van der Waals surface area contributed by atoms with E-state index in [1.165, 1.54) is 4.90 Å². The number of nitrogens with one attached hydrogen (secondary N) is 2. The minimum atomic E-state index is -0.327. The Morgan fingerprint density at radius 1 is 1.36 bits per heavy atom. The lowest BCUT2D eigenvalue weighted by Gasteiger charge is -2.15. The van der Waals surface area contributed by atoms with E-state index in [2.05, 4.69) is 10.6 Å². The molecule has 0 unspecified atom stereocenters. The van der Waals surface area contributed by atoms with E-state index in [0.29, 0.717) is 22.9 Å². The van der Waals surface area contributed by atoms with Gasteiger partial charge in [-0.2, -0.15) is 0 Å². The first-order valence-corrected chi connectivity index (χ1v) is 7.30. The topological polar surface area (TPSA) is 70.7 Å². The van der Waals surface area contributed by atoms with Crippen LogP contribution in [0.4, 0.5) is 10.5 Å². The van der Waals surface area contributed by atoms with Gasteiger partial charge in [0.2, 0.25) is 0 Å². The van der Waals surface area contributed by atoms with Crippen molar-refractivity contribution in [3.05, 3.63) is 28.8 Å². The molecular weight excluding hydrogens is 306 g/mol. The maximum Gasteiger partial charge on any atom is 0.319 e. The van der Waals surface area contributed by atoms with E-state index in [1.807, 2.05) is 6.92 Å². The first-order valence-electron chi connectivity index (χ1n) is 6.92. The molecule has 0 aliphatic heterocycles. The van der Waals surface area contributed by atoms with Gasteiger partial charge in [-0.15, -0.1) is 0 Å². The summed E-state index contributed by atoms with van der Waals surface area (Å²) in [6, 6.07) is 4.45. The average Bonchev–Trinajstić information content (AvgIpc) is 2.44. The van der Waals surface area contributed by atoms with Crippen LogP contribution in [0.5, 0.6) is 0 Å². The molecule has 0 saturated carbocycles. The minimum absolute atomic E-state index is 0.00925. The van der Waals surface area contributed by atoms with Gasteiger partial charge in [-0.3, -0.25) is 4.79 Å². The second-order valence-corrected chi connectivity index (χ2v) is 5.58. The smallest absolute Gasteiger partial charge is 0.319 e. The highest BCUT2D eigenvalue weighted by Gasteiger charge is 2.14. The van der Waals surface area contributed by atoms with Crippen molar-refractivity contribution >= 4 is 29.2 Å². The van der Waals surface area contributed by atoms with E-state index in [0.717, 1.165) is 6.42 Å². The molecule has 0 aliphatic carbocycles. The number of carbonyl (C=O) groups excluding carboxylic acids is 2. The van der Waals surface area contributed by atoms with Crippen molar-refractivity contribution in [1.82, 2.24) is 10.2 Å². The molecule has 1 atom stereocenters. The zero-order valence-corrected chi connectivity index (χ0v) is 14.0. The molecule has 0 aromatic heterocycles. The van der Waals surface area contributed by atoms with Crippen molar-refractivity contribution < 1.29 is 14.3 Å². The first-order chi connectivity index (χ1) is 10.3. The van der Waals surface area contributed by atoms with E-state index >= 15 is 0 Å². The molecular formula is C15H22ClN3O3. The Labute approximate surface area is 135 Å². The Morgan fingerprint density at radius 2 is 2.05 bits per heavy atom. The van der Waals surface area contributed by atoms with Crippen LogP contribution in [0.2, 0.25) is 5.02 Å². The van der Waals surface area contributed by atoms with Crippen LogP contribution in [0.25, 0.3) is 0 Å². The lowest BCUT2D eigenvalue weighted by Crippen LogP contribution is -2.36. The van der Waals surface area contributed by atoms with Crippen LogP contribution in [0.15, 0.2) is 18.2 Å². The molecule has 6 nitrogen and oxygen atoms in total. The van der Waals surface area contributed by atoms with Crippen LogP contribution in [0, 0.1) is 0 Å². The summed E-state index contributed by atoms with van der Waals surface area (Å²) < 4.78 is 4.96. The molecule has 0 aliphatic rings. The van der Waals surface area contributed by atoms with E-state index in [9.17, 15) is 9.59 Å². The Morgan fingerprint density at radius 3 is 2.59 bits per heavy atom. The third-order valence-corrected chi connectivity index (χ3v) is 3.31. The molecule has 1 aromatic rings. The molecule has 1 aromatic carbocycles. The number of hydrogen-bond donors (Lipinski definition) is 2. The van der Waals surface area contributed by atoms with Crippen molar-refractivity contribution in [3.63, 3.8) is 0 Å². The molecule has 1 rings (SSSR count). The quantitative estimate of drug-likeness (QED) is 0.843. The molecule has 122 valence electrons. The van der Waals surface area contributed by atoms with Gasteiger partial charge in [-0.1, -0.05) is 11.6 Å². The van der Waals surface area contributed by atoms with Crippen LogP contribution in [-0.2, 0) is 4.74 Å². The number of benzene rings is 1. The van der Waals surface area contributed by atoms with E-state index in [1.54, 1.807) is 39.4 Å². The lowest BCUT2D eigenvalue weighted by molar-refractivity contribution is 0.0828. The highest BCUT2D eigenvalue weighted by Crippen LogP contribution is 2.22. The molecule has 0 saturated heterocycles. The van der Waals surface area contributed by atoms with Gasteiger partial charge < -0.3 is 20.3 Å². The van der Waals surface area contributed by atoms with Gasteiger partial charge in [-0.25, -0.2) is 4.79 Å². The summed E-state index contributed by atoms with van der Waals surface area (Å²) in [7, 11) is 4.92. The molecule has 0 bridgehead atoms. The molecule has 7 heteroatoms. The minimum Gasteiger partial charge on any atom is -0.385 e. The third-order valence-electron chi connectivity index (χ3n) is 3.00. The molecule has 2 N–H and O–H groups in total. The fraction of sp³-hybridized carbons (Fsp3) is 0.467. The lowest BCUT2D eigenvalue weighted by atomic mass is 10.2. The predicted octanol–water partition coefficient (Wildman–Crippen LogP) is 2.59. The number of anilines is 1. The molecule has 3 amide bonds. The molecule has 0 heterocycles. The predicted molar refractivity (Wildman–Crippen MR) is 87.6 cm³/mol. The van der Waals surface area contributed by atoms with Crippen molar-refractivity contribution in [1.29, 1.82) is 0 Å². The summed E-state index contributed by atoms with van der Waals surface area (Å²) >= 11 is 6.09. The zero-order valence-electron chi connectivity index (χ0n) is 13.3. The maximum absolute atomic E-state index is 11.9. The first kappa shape index (κ1) is 18.3. The Balaban J connectivity index is 2.65. The normalized spacial score (nSPS) is 11.7. The van der Waals surface area contributed by atoms with Crippen LogP contribution < -0.4 is 10.6 Å². The van der Waals surface area contributed by atoms with Crippen molar-refractivity contribution in [2.75, 3.05) is 33.1 Å². The summed E-state index contributed by atoms with van der Waals surface area (Å²) in [5, 5.41) is 5.77. The second kappa shape index (κ2) is 8.60. The number of nitrogens with zero attached hydrogens (tertiary/aromatic N) is 1. The largest absolute Gasteiger partial charge is 0.385 e. The fourth-order valence-corrected chi connectivity index (χ4v) is 2.03. The molecule has 22 heavy (non-hydrogen) atoms. The molecule has 0 radical (unpaired) electrons. The van der Waals surface area contributed by atoms with Crippen LogP contribution in [0.1, 0.15) is 23.7 Å². The summed E-state index contributed by atoms with van der Waals surface area (Å²) in [5.74, 6) is -0.186.